The first kappa shape index (κ1) is 12.6. The summed E-state index contributed by atoms with van der Waals surface area (Å²) < 4.78 is 15.3. The van der Waals surface area contributed by atoms with Gasteiger partial charge in [0.1, 0.15) is 6.10 Å². The van der Waals surface area contributed by atoms with Gasteiger partial charge in [0.2, 0.25) is 0 Å². The molecule has 0 aromatic heterocycles. The van der Waals surface area contributed by atoms with Crippen LogP contribution in [0.4, 0.5) is 0 Å². The highest BCUT2D eigenvalue weighted by Crippen LogP contribution is 2.08. The molecule has 5 heteroatoms. The van der Waals surface area contributed by atoms with Crippen molar-refractivity contribution in [3.8, 4) is 0 Å². The molecule has 0 saturated carbocycles. The van der Waals surface area contributed by atoms with E-state index in [0.717, 1.165) is 6.42 Å². The molecule has 4 nitrogen and oxygen atoms in total. The average molecular weight is 206 g/mol. The van der Waals surface area contributed by atoms with Gasteiger partial charge in [-0.2, -0.15) is 0 Å². The third kappa shape index (κ3) is 5.79. The first-order chi connectivity index (χ1) is 6.13. The van der Waals surface area contributed by atoms with E-state index in [1.54, 1.807) is 14.2 Å². The van der Waals surface area contributed by atoms with E-state index in [4.69, 9.17) is 13.6 Å². The molecule has 0 aromatic rings. The van der Waals surface area contributed by atoms with Crippen LogP contribution in [0.5, 0.6) is 0 Å². The van der Waals surface area contributed by atoms with Crippen molar-refractivity contribution in [2.75, 3.05) is 14.2 Å². The van der Waals surface area contributed by atoms with Crippen molar-refractivity contribution in [3.05, 3.63) is 0 Å². The summed E-state index contributed by atoms with van der Waals surface area (Å²) in [7, 11) is 1.65. The maximum atomic E-state index is 10.7. The van der Waals surface area contributed by atoms with E-state index in [1.165, 1.54) is 6.92 Å². The van der Waals surface area contributed by atoms with Crippen molar-refractivity contribution in [1.82, 2.24) is 0 Å². The minimum atomic E-state index is -1.60. The first-order valence-corrected chi connectivity index (χ1v) is 6.12. The molecule has 0 spiro atoms. The number of esters is 1. The van der Waals surface area contributed by atoms with Crippen molar-refractivity contribution in [2.24, 2.45) is 0 Å². The Morgan fingerprint density at radius 2 is 1.92 bits per heavy atom. The van der Waals surface area contributed by atoms with Crippen molar-refractivity contribution >= 4 is 15.3 Å². The highest BCUT2D eigenvalue weighted by molar-refractivity contribution is 6.44. The van der Waals surface area contributed by atoms with Crippen LogP contribution in [0.25, 0.3) is 0 Å². The maximum Gasteiger partial charge on any atom is 0.324 e. The van der Waals surface area contributed by atoms with Gasteiger partial charge in [0.15, 0.2) is 0 Å². The zero-order valence-electron chi connectivity index (χ0n) is 8.70. The molecule has 0 saturated heterocycles. The summed E-state index contributed by atoms with van der Waals surface area (Å²) >= 11 is 0. The molecule has 0 fully saturated rings. The van der Waals surface area contributed by atoms with Gasteiger partial charge >= 0.3 is 15.3 Å². The van der Waals surface area contributed by atoms with Gasteiger partial charge in [0, 0.05) is 27.2 Å². The number of hydrogen-bond donors (Lipinski definition) is 0. The zero-order valence-corrected chi connectivity index (χ0v) is 9.86. The third-order valence-electron chi connectivity index (χ3n) is 1.77. The SMILES string of the molecule is CCC(C[SiH](OC)OC)OC(C)=O. The van der Waals surface area contributed by atoms with E-state index >= 15 is 0 Å². The Morgan fingerprint density at radius 3 is 2.23 bits per heavy atom. The van der Waals surface area contributed by atoms with Crippen LogP contribution >= 0.6 is 0 Å². The van der Waals surface area contributed by atoms with Crippen molar-refractivity contribution in [2.45, 2.75) is 32.4 Å². The second kappa shape index (κ2) is 7.05. The molecule has 0 bridgehead atoms. The van der Waals surface area contributed by atoms with Crippen LogP contribution in [-0.2, 0) is 18.4 Å². The lowest BCUT2D eigenvalue weighted by molar-refractivity contribution is -0.145. The van der Waals surface area contributed by atoms with E-state index in [-0.39, 0.29) is 12.1 Å². The van der Waals surface area contributed by atoms with Crippen LogP contribution in [0.2, 0.25) is 6.04 Å². The van der Waals surface area contributed by atoms with E-state index in [0.29, 0.717) is 6.04 Å². The number of ether oxygens (including phenoxy) is 1. The molecule has 0 amide bonds. The van der Waals surface area contributed by atoms with E-state index in [1.807, 2.05) is 6.92 Å². The molecule has 0 aromatic carbocycles. The van der Waals surface area contributed by atoms with Gasteiger partial charge in [0.25, 0.3) is 0 Å². The van der Waals surface area contributed by atoms with Gasteiger partial charge in [-0.15, -0.1) is 0 Å². The summed E-state index contributed by atoms with van der Waals surface area (Å²) in [5, 5.41) is 0. The Balaban J connectivity index is 3.87. The number of hydrogen-bond acceptors (Lipinski definition) is 4. The van der Waals surface area contributed by atoms with Gasteiger partial charge in [-0.1, -0.05) is 6.92 Å². The van der Waals surface area contributed by atoms with Crippen molar-refractivity contribution < 1.29 is 18.4 Å². The van der Waals surface area contributed by atoms with Gasteiger partial charge in [-0.25, -0.2) is 0 Å². The fourth-order valence-electron chi connectivity index (χ4n) is 1.04. The Bertz CT molecular complexity index is 147. The third-order valence-corrected chi connectivity index (χ3v) is 3.73. The second-order valence-electron chi connectivity index (χ2n) is 2.78. The second-order valence-corrected chi connectivity index (χ2v) is 5.05. The van der Waals surface area contributed by atoms with E-state index in [2.05, 4.69) is 0 Å². The van der Waals surface area contributed by atoms with E-state index in [9.17, 15) is 4.79 Å². The molecular weight excluding hydrogens is 188 g/mol. The lowest BCUT2D eigenvalue weighted by Crippen LogP contribution is -2.27. The van der Waals surface area contributed by atoms with Crippen molar-refractivity contribution in [3.63, 3.8) is 0 Å². The Hall–Kier alpha value is -0.393. The molecule has 13 heavy (non-hydrogen) atoms. The lowest BCUT2D eigenvalue weighted by Gasteiger charge is -2.18. The monoisotopic (exact) mass is 206 g/mol. The van der Waals surface area contributed by atoms with Crippen LogP contribution < -0.4 is 0 Å². The van der Waals surface area contributed by atoms with Crippen LogP contribution in [0.15, 0.2) is 0 Å². The Morgan fingerprint density at radius 1 is 1.38 bits per heavy atom. The highest BCUT2D eigenvalue weighted by Gasteiger charge is 2.18. The molecular formula is C8H18O4Si. The van der Waals surface area contributed by atoms with Gasteiger partial charge in [-0.05, 0) is 6.42 Å². The molecule has 78 valence electrons. The number of carbonyl (C=O) groups is 1. The van der Waals surface area contributed by atoms with Crippen LogP contribution in [0.3, 0.4) is 0 Å². The fourth-order valence-corrected chi connectivity index (χ4v) is 2.47. The van der Waals surface area contributed by atoms with Crippen LogP contribution in [0, 0.1) is 0 Å². The standard InChI is InChI=1S/C8H18O4Si/c1-5-8(12-7(2)9)6-13(10-3)11-4/h8,13H,5-6H2,1-4H3. The Labute approximate surface area is 81.0 Å². The minimum absolute atomic E-state index is 0.0610. The largest absolute Gasteiger partial charge is 0.463 e. The maximum absolute atomic E-state index is 10.7. The molecule has 0 N–H and O–H groups in total. The zero-order chi connectivity index (χ0) is 10.3. The summed E-state index contributed by atoms with van der Waals surface area (Å²) in [6, 6.07) is 0.711. The lowest BCUT2D eigenvalue weighted by atomic mass is 10.3. The molecule has 0 aliphatic rings. The summed E-state index contributed by atoms with van der Waals surface area (Å²) in [6.45, 7) is 3.39. The first-order valence-electron chi connectivity index (χ1n) is 4.36. The quantitative estimate of drug-likeness (QED) is 0.477. The summed E-state index contributed by atoms with van der Waals surface area (Å²) in [5.74, 6) is -0.244. The summed E-state index contributed by atoms with van der Waals surface area (Å²) in [5.41, 5.74) is 0. The fraction of sp³-hybridized carbons (Fsp3) is 0.875. The topological polar surface area (TPSA) is 44.8 Å². The molecule has 1 unspecified atom stereocenters. The molecule has 0 radical (unpaired) electrons. The Kier molecular flexibility index (Phi) is 6.84. The normalized spacial score (nSPS) is 13.0. The molecule has 0 aliphatic carbocycles. The van der Waals surface area contributed by atoms with Gasteiger partial charge < -0.3 is 13.6 Å². The summed E-state index contributed by atoms with van der Waals surface area (Å²) in [6.07, 6.45) is 0.740. The van der Waals surface area contributed by atoms with Crippen LogP contribution in [-0.4, -0.2) is 35.6 Å². The number of rotatable bonds is 6. The van der Waals surface area contributed by atoms with Gasteiger partial charge in [-0.3, -0.25) is 4.79 Å². The van der Waals surface area contributed by atoms with Gasteiger partial charge in [0.05, 0.1) is 0 Å². The predicted octanol–water partition coefficient (Wildman–Crippen LogP) is 0.841. The molecule has 0 heterocycles. The van der Waals surface area contributed by atoms with E-state index < -0.39 is 9.28 Å². The van der Waals surface area contributed by atoms with Crippen LogP contribution in [0.1, 0.15) is 20.3 Å². The molecule has 1 atom stereocenters. The smallest absolute Gasteiger partial charge is 0.324 e. The molecule has 0 rings (SSSR count). The highest BCUT2D eigenvalue weighted by atomic mass is 28.3. The predicted molar refractivity (Wildman–Crippen MR) is 51.8 cm³/mol. The summed E-state index contributed by atoms with van der Waals surface area (Å²) in [4.78, 5) is 10.7. The van der Waals surface area contributed by atoms with Crippen molar-refractivity contribution in [1.29, 1.82) is 0 Å². The molecule has 0 aliphatic heterocycles. The average Bonchev–Trinajstić information content (AvgIpc) is 2.11. The minimum Gasteiger partial charge on any atom is -0.463 e. The number of carbonyl (C=O) groups excluding carboxylic acids is 1.